The van der Waals surface area contributed by atoms with Crippen LogP contribution in [-0.4, -0.2) is 18.8 Å². The molecule has 0 radical (unpaired) electrons. The third-order valence-electron chi connectivity index (χ3n) is 3.17. The fourth-order valence-electron chi connectivity index (χ4n) is 2.01. The maximum Gasteiger partial charge on any atom is 0.124 e. The van der Waals surface area contributed by atoms with Crippen LogP contribution in [0.25, 0.3) is 0 Å². The highest BCUT2D eigenvalue weighted by atomic mass is 16.5. The highest BCUT2D eigenvalue weighted by molar-refractivity contribution is 5.38. The molecule has 20 heavy (non-hydrogen) atoms. The number of aryl methyl sites for hydroxylation is 2. The van der Waals surface area contributed by atoms with Crippen molar-refractivity contribution in [3.05, 3.63) is 59.2 Å². The first-order chi connectivity index (χ1) is 9.60. The van der Waals surface area contributed by atoms with Gasteiger partial charge < -0.3 is 14.6 Å². The molecule has 106 valence electrons. The van der Waals surface area contributed by atoms with E-state index < -0.39 is 6.10 Å². The molecule has 2 rings (SSSR count). The largest absolute Gasteiger partial charge is 0.496 e. The van der Waals surface area contributed by atoms with Crippen LogP contribution in [0, 0.1) is 13.8 Å². The summed E-state index contributed by atoms with van der Waals surface area (Å²) >= 11 is 0. The van der Waals surface area contributed by atoms with Gasteiger partial charge in [0.1, 0.15) is 24.2 Å². The zero-order valence-corrected chi connectivity index (χ0v) is 12.1. The predicted molar refractivity (Wildman–Crippen MR) is 79.4 cm³/mol. The Balaban J connectivity index is 2.06. The monoisotopic (exact) mass is 272 g/mol. The molecule has 0 amide bonds. The fraction of sp³-hybridized carbons (Fsp3) is 0.294. The molecule has 2 aromatic carbocycles. The minimum absolute atomic E-state index is 0.197. The van der Waals surface area contributed by atoms with E-state index in [4.69, 9.17) is 9.47 Å². The summed E-state index contributed by atoms with van der Waals surface area (Å²) < 4.78 is 10.9. The SMILES string of the molecule is COc1ccc(C)cc1C(O)COc1ccc(C)cc1. The van der Waals surface area contributed by atoms with E-state index in [1.807, 2.05) is 56.3 Å². The van der Waals surface area contributed by atoms with Crippen LogP contribution in [0.1, 0.15) is 22.8 Å². The number of hydrogen-bond acceptors (Lipinski definition) is 3. The Morgan fingerprint density at radius 2 is 1.65 bits per heavy atom. The Hall–Kier alpha value is -2.00. The van der Waals surface area contributed by atoms with Crippen molar-refractivity contribution >= 4 is 0 Å². The van der Waals surface area contributed by atoms with E-state index in [0.29, 0.717) is 5.75 Å². The standard InChI is InChI=1S/C17H20O3/c1-12-4-7-14(8-5-12)20-11-16(18)15-10-13(2)6-9-17(15)19-3/h4-10,16,18H,11H2,1-3H3. The molecule has 3 nitrogen and oxygen atoms in total. The number of rotatable bonds is 5. The van der Waals surface area contributed by atoms with Gasteiger partial charge in [0, 0.05) is 5.56 Å². The van der Waals surface area contributed by atoms with Crippen molar-refractivity contribution < 1.29 is 14.6 Å². The summed E-state index contributed by atoms with van der Waals surface area (Å²) in [6.45, 7) is 4.20. The third-order valence-corrected chi connectivity index (χ3v) is 3.17. The maximum absolute atomic E-state index is 10.3. The first kappa shape index (κ1) is 14.4. The summed E-state index contributed by atoms with van der Waals surface area (Å²) in [7, 11) is 1.60. The van der Waals surface area contributed by atoms with Gasteiger partial charge in [0.2, 0.25) is 0 Å². The first-order valence-corrected chi connectivity index (χ1v) is 6.62. The van der Waals surface area contributed by atoms with Crippen LogP contribution < -0.4 is 9.47 Å². The van der Waals surface area contributed by atoms with Gasteiger partial charge in [-0.25, -0.2) is 0 Å². The highest BCUT2D eigenvalue weighted by Gasteiger charge is 2.14. The van der Waals surface area contributed by atoms with Crippen LogP contribution >= 0.6 is 0 Å². The smallest absolute Gasteiger partial charge is 0.124 e. The number of benzene rings is 2. The van der Waals surface area contributed by atoms with Crippen molar-refractivity contribution in [2.75, 3.05) is 13.7 Å². The van der Waals surface area contributed by atoms with E-state index in [1.54, 1.807) is 7.11 Å². The van der Waals surface area contributed by atoms with Crippen LogP contribution in [0.15, 0.2) is 42.5 Å². The van der Waals surface area contributed by atoms with E-state index in [-0.39, 0.29) is 6.61 Å². The van der Waals surface area contributed by atoms with Gasteiger partial charge in [-0.1, -0.05) is 29.3 Å². The van der Waals surface area contributed by atoms with Crippen molar-refractivity contribution in [3.63, 3.8) is 0 Å². The molecule has 3 heteroatoms. The molecule has 2 aromatic rings. The predicted octanol–water partition coefficient (Wildman–Crippen LogP) is 3.42. The third kappa shape index (κ3) is 3.52. The van der Waals surface area contributed by atoms with Gasteiger partial charge in [-0.15, -0.1) is 0 Å². The van der Waals surface area contributed by atoms with Crippen LogP contribution in [0.3, 0.4) is 0 Å². The quantitative estimate of drug-likeness (QED) is 0.906. The van der Waals surface area contributed by atoms with Crippen molar-refractivity contribution in [1.29, 1.82) is 0 Å². The second-order valence-corrected chi connectivity index (χ2v) is 4.89. The molecule has 0 spiro atoms. The number of aliphatic hydroxyl groups excluding tert-OH is 1. The highest BCUT2D eigenvalue weighted by Crippen LogP contribution is 2.27. The second kappa shape index (κ2) is 6.44. The van der Waals surface area contributed by atoms with Gasteiger partial charge in [-0.05, 0) is 38.1 Å². The molecule has 0 aliphatic rings. The molecule has 1 N–H and O–H groups in total. The lowest BCUT2D eigenvalue weighted by Crippen LogP contribution is -2.11. The molecule has 1 atom stereocenters. The lowest BCUT2D eigenvalue weighted by molar-refractivity contribution is 0.105. The summed E-state index contributed by atoms with van der Waals surface area (Å²) in [6.07, 6.45) is -0.717. The van der Waals surface area contributed by atoms with Crippen LogP contribution in [0.2, 0.25) is 0 Å². The van der Waals surface area contributed by atoms with Gasteiger partial charge in [0.05, 0.1) is 7.11 Å². The summed E-state index contributed by atoms with van der Waals surface area (Å²) in [4.78, 5) is 0. The van der Waals surface area contributed by atoms with Crippen molar-refractivity contribution in [2.45, 2.75) is 20.0 Å². The topological polar surface area (TPSA) is 38.7 Å². The van der Waals surface area contributed by atoms with Crippen LogP contribution in [-0.2, 0) is 0 Å². The Morgan fingerprint density at radius 3 is 2.30 bits per heavy atom. The van der Waals surface area contributed by atoms with Crippen LogP contribution in [0.5, 0.6) is 11.5 Å². The molecule has 0 bridgehead atoms. The van der Waals surface area contributed by atoms with Gasteiger partial charge in [0.15, 0.2) is 0 Å². The molecule has 0 saturated heterocycles. The summed E-state index contributed by atoms with van der Waals surface area (Å²) in [5, 5.41) is 10.3. The van der Waals surface area contributed by atoms with E-state index >= 15 is 0 Å². The Bertz CT molecular complexity index is 561. The average molecular weight is 272 g/mol. The van der Waals surface area contributed by atoms with E-state index in [0.717, 1.165) is 16.9 Å². The first-order valence-electron chi connectivity index (χ1n) is 6.62. The number of aliphatic hydroxyl groups is 1. The molecule has 0 aromatic heterocycles. The molecule has 0 aliphatic carbocycles. The zero-order chi connectivity index (χ0) is 14.5. The van der Waals surface area contributed by atoms with Gasteiger partial charge in [-0.3, -0.25) is 0 Å². The van der Waals surface area contributed by atoms with E-state index in [9.17, 15) is 5.11 Å². The van der Waals surface area contributed by atoms with Crippen molar-refractivity contribution in [2.24, 2.45) is 0 Å². The second-order valence-electron chi connectivity index (χ2n) is 4.89. The van der Waals surface area contributed by atoms with Crippen LogP contribution in [0.4, 0.5) is 0 Å². The minimum atomic E-state index is -0.717. The lowest BCUT2D eigenvalue weighted by atomic mass is 10.1. The molecule has 0 fully saturated rings. The molecule has 1 unspecified atom stereocenters. The lowest BCUT2D eigenvalue weighted by Gasteiger charge is -2.16. The molecular formula is C17H20O3. The molecule has 0 saturated carbocycles. The summed E-state index contributed by atoms with van der Waals surface area (Å²) in [5.74, 6) is 1.43. The maximum atomic E-state index is 10.3. The van der Waals surface area contributed by atoms with Crippen molar-refractivity contribution in [1.82, 2.24) is 0 Å². The summed E-state index contributed by atoms with van der Waals surface area (Å²) in [6, 6.07) is 13.5. The molecule has 0 aliphatic heterocycles. The van der Waals surface area contributed by atoms with Gasteiger partial charge in [-0.2, -0.15) is 0 Å². The minimum Gasteiger partial charge on any atom is -0.496 e. The fourth-order valence-corrected chi connectivity index (χ4v) is 2.01. The number of methoxy groups -OCH3 is 1. The van der Waals surface area contributed by atoms with Crippen molar-refractivity contribution in [3.8, 4) is 11.5 Å². The zero-order valence-electron chi connectivity index (χ0n) is 12.1. The number of hydrogen-bond donors (Lipinski definition) is 1. The van der Waals surface area contributed by atoms with E-state index in [2.05, 4.69) is 0 Å². The Morgan fingerprint density at radius 1 is 1.00 bits per heavy atom. The Kier molecular flexibility index (Phi) is 4.64. The van der Waals surface area contributed by atoms with Gasteiger partial charge >= 0.3 is 0 Å². The molecular weight excluding hydrogens is 252 g/mol. The number of ether oxygens (including phenoxy) is 2. The normalized spacial score (nSPS) is 12.0. The summed E-state index contributed by atoms with van der Waals surface area (Å²) in [5.41, 5.74) is 3.01. The Labute approximate surface area is 119 Å². The average Bonchev–Trinajstić information content (AvgIpc) is 2.46. The van der Waals surface area contributed by atoms with E-state index in [1.165, 1.54) is 5.56 Å². The van der Waals surface area contributed by atoms with Gasteiger partial charge in [0.25, 0.3) is 0 Å². The molecule has 0 heterocycles.